The van der Waals surface area contributed by atoms with Crippen molar-refractivity contribution >= 4 is 23.2 Å². The third-order valence-electron chi connectivity index (χ3n) is 7.00. The van der Waals surface area contributed by atoms with Crippen LogP contribution in [0.4, 0.5) is 0 Å². The van der Waals surface area contributed by atoms with E-state index in [0.717, 1.165) is 55.9 Å². The number of nitrogens with zero attached hydrogens (tertiary/aromatic N) is 3. The zero-order chi connectivity index (χ0) is 29.3. The summed E-state index contributed by atoms with van der Waals surface area (Å²) in [6.07, 6.45) is 9.68. The number of allylic oxidation sites excluding steroid dienone is 2. The van der Waals surface area contributed by atoms with Crippen molar-refractivity contribution in [3.8, 4) is 11.1 Å². The van der Waals surface area contributed by atoms with Crippen LogP contribution in [0.5, 0.6) is 0 Å². The molecule has 0 aliphatic carbocycles. The Morgan fingerprint density at radius 2 is 1.62 bits per heavy atom. The molecular formula is C33H35N9. The summed E-state index contributed by atoms with van der Waals surface area (Å²) in [5.41, 5.74) is 14.5. The molecule has 212 valence electrons. The number of aliphatic imine (C=N–C) groups is 1. The number of nitrogens with two attached hydrogens (primary N) is 1. The zero-order valence-electron chi connectivity index (χ0n) is 23.7. The van der Waals surface area contributed by atoms with E-state index < -0.39 is 0 Å². The first-order chi connectivity index (χ1) is 20.6. The number of hydrogen-bond acceptors (Lipinski definition) is 9. The van der Waals surface area contributed by atoms with E-state index in [4.69, 9.17) is 16.1 Å². The predicted molar refractivity (Wildman–Crippen MR) is 170 cm³/mol. The largest absolute Gasteiger partial charge is 0.393 e. The molecule has 1 aromatic heterocycles. The lowest BCUT2D eigenvalue weighted by molar-refractivity contribution is 0.409. The second kappa shape index (κ2) is 13.5. The first-order valence-electron chi connectivity index (χ1n) is 13.7. The Balaban J connectivity index is 1.56. The van der Waals surface area contributed by atoms with Crippen molar-refractivity contribution < 1.29 is 0 Å². The number of amidine groups is 1. The van der Waals surface area contributed by atoms with Gasteiger partial charge in [0.25, 0.3) is 0 Å². The van der Waals surface area contributed by atoms with Crippen molar-refractivity contribution in [1.29, 1.82) is 5.41 Å². The quantitative estimate of drug-likeness (QED) is 0.124. The van der Waals surface area contributed by atoms with Crippen LogP contribution in [-0.2, 0) is 0 Å². The van der Waals surface area contributed by atoms with Crippen LogP contribution in [-0.4, -0.2) is 35.7 Å². The van der Waals surface area contributed by atoms with Gasteiger partial charge in [0.15, 0.2) is 0 Å². The first-order valence-corrected chi connectivity index (χ1v) is 13.7. The highest BCUT2D eigenvalue weighted by molar-refractivity contribution is 6.08. The van der Waals surface area contributed by atoms with E-state index in [1.807, 2.05) is 43.7 Å². The summed E-state index contributed by atoms with van der Waals surface area (Å²) in [5, 5.41) is 21.3. The minimum Gasteiger partial charge on any atom is -0.393 e. The Morgan fingerprint density at radius 3 is 2.38 bits per heavy atom. The van der Waals surface area contributed by atoms with Crippen LogP contribution >= 0.6 is 0 Å². The summed E-state index contributed by atoms with van der Waals surface area (Å²) in [7, 11) is 1.83. The minimum atomic E-state index is -0.337. The molecule has 4 aromatic rings. The van der Waals surface area contributed by atoms with Gasteiger partial charge in [-0.15, -0.1) is 0 Å². The summed E-state index contributed by atoms with van der Waals surface area (Å²) >= 11 is 0. The smallest absolute Gasteiger partial charge is 0.131 e. The summed E-state index contributed by atoms with van der Waals surface area (Å²) < 4.78 is 0. The number of nitrogens with one attached hydrogen (secondary N) is 5. The van der Waals surface area contributed by atoms with Gasteiger partial charge in [-0.1, -0.05) is 54.6 Å². The molecule has 2 heterocycles. The van der Waals surface area contributed by atoms with Gasteiger partial charge in [0.1, 0.15) is 24.5 Å². The minimum absolute atomic E-state index is 0.222. The molecule has 9 nitrogen and oxygen atoms in total. The van der Waals surface area contributed by atoms with Gasteiger partial charge in [-0.25, -0.2) is 15.0 Å². The number of rotatable bonds is 10. The zero-order valence-corrected chi connectivity index (χ0v) is 23.7. The number of hydrogen-bond donors (Lipinski definition) is 6. The molecular weight excluding hydrogens is 522 g/mol. The number of benzene rings is 3. The summed E-state index contributed by atoms with van der Waals surface area (Å²) in [5.74, 6) is 0.772. The molecule has 42 heavy (non-hydrogen) atoms. The lowest BCUT2D eigenvalue weighted by Gasteiger charge is -2.32. The van der Waals surface area contributed by atoms with Crippen LogP contribution < -0.4 is 27.0 Å². The second-order valence-electron chi connectivity index (χ2n) is 9.85. The highest BCUT2D eigenvalue weighted by atomic mass is 15.3. The molecule has 2 atom stereocenters. The molecule has 3 aromatic carbocycles. The molecule has 7 N–H and O–H groups in total. The van der Waals surface area contributed by atoms with Crippen molar-refractivity contribution in [3.63, 3.8) is 0 Å². The van der Waals surface area contributed by atoms with E-state index >= 15 is 0 Å². The molecule has 0 amide bonds. The topological polar surface area (TPSA) is 136 Å². The molecule has 1 aliphatic rings. The van der Waals surface area contributed by atoms with Gasteiger partial charge in [0.05, 0.1) is 6.67 Å². The summed E-state index contributed by atoms with van der Waals surface area (Å²) in [4.78, 5) is 13.5. The third kappa shape index (κ3) is 6.60. The van der Waals surface area contributed by atoms with E-state index in [9.17, 15) is 0 Å². The highest BCUT2D eigenvalue weighted by Gasteiger charge is 2.26. The van der Waals surface area contributed by atoms with Crippen LogP contribution in [0.3, 0.4) is 0 Å². The Hall–Kier alpha value is -5.12. The monoisotopic (exact) mass is 557 g/mol. The van der Waals surface area contributed by atoms with Crippen LogP contribution in [0.2, 0.25) is 0 Å². The van der Waals surface area contributed by atoms with Gasteiger partial charge in [0, 0.05) is 54.8 Å². The van der Waals surface area contributed by atoms with Gasteiger partial charge in [-0.3, -0.25) is 5.32 Å². The van der Waals surface area contributed by atoms with Crippen molar-refractivity contribution in [3.05, 3.63) is 132 Å². The first kappa shape index (κ1) is 28.4. The molecule has 0 saturated carbocycles. The van der Waals surface area contributed by atoms with Crippen LogP contribution in [0.25, 0.3) is 22.3 Å². The van der Waals surface area contributed by atoms with Gasteiger partial charge < -0.3 is 27.1 Å². The van der Waals surface area contributed by atoms with Crippen LogP contribution in [0, 0.1) is 5.41 Å². The van der Waals surface area contributed by atoms with Gasteiger partial charge in [-0.05, 0) is 58.5 Å². The molecule has 0 fully saturated rings. The average Bonchev–Trinajstić information content (AvgIpc) is 3.06. The van der Waals surface area contributed by atoms with Crippen molar-refractivity contribution in [1.82, 2.24) is 31.2 Å². The molecule has 9 heteroatoms. The molecule has 0 radical (unpaired) electrons. The molecule has 2 unspecified atom stereocenters. The summed E-state index contributed by atoms with van der Waals surface area (Å²) in [6, 6.07) is 24.8. The van der Waals surface area contributed by atoms with Crippen molar-refractivity contribution in [2.24, 2.45) is 10.7 Å². The maximum Gasteiger partial charge on any atom is 0.131 e. The maximum atomic E-state index is 7.88. The Kier molecular flexibility index (Phi) is 9.13. The Morgan fingerprint density at radius 1 is 0.905 bits per heavy atom. The fraction of sp³-hybridized carbons (Fsp3) is 0.152. The predicted octanol–water partition coefficient (Wildman–Crippen LogP) is 4.56. The third-order valence-corrected chi connectivity index (χ3v) is 7.00. The van der Waals surface area contributed by atoms with E-state index in [-0.39, 0.29) is 12.3 Å². The van der Waals surface area contributed by atoms with Gasteiger partial charge in [0.2, 0.25) is 0 Å². The highest BCUT2D eigenvalue weighted by Crippen LogP contribution is 2.29. The van der Waals surface area contributed by atoms with Crippen molar-refractivity contribution in [2.45, 2.75) is 19.3 Å². The Bertz CT molecular complexity index is 1630. The molecule has 0 bridgehead atoms. The van der Waals surface area contributed by atoms with E-state index in [1.165, 1.54) is 12.5 Å². The van der Waals surface area contributed by atoms with E-state index in [0.29, 0.717) is 6.67 Å². The fourth-order valence-corrected chi connectivity index (χ4v) is 4.85. The van der Waals surface area contributed by atoms with Crippen LogP contribution in [0.15, 0.2) is 109 Å². The molecule has 0 saturated heterocycles. The lowest BCUT2D eigenvalue weighted by atomic mass is 10.00. The SMILES string of the molecule is CN/C=C(\C=N)c1cccc(C2N=C(c3cccc(-c4cncnc4)c3)NC(c3cccc(/C(C)=C/NCN)c3)N2)c1. The van der Waals surface area contributed by atoms with Gasteiger partial charge >= 0.3 is 0 Å². The van der Waals surface area contributed by atoms with E-state index in [2.05, 4.69) is 86.7 Å². The maximum absolute atomic E-state index is 7.88. The van der Waals surface area contributed by atoms with Crippen molar-refractivity contribution in [2.75, 3.05) is 13.7 Å². The normalized spacial score (nSPS) is 17.2. The summed E-state index contributed by atoms with van der Waals surface area (Å²) in [6.45, 7) is 2.43. The van der Waals surface area contributed by atoms with E-state index in [1.54, 1.807) is 12.4 Å². The lowest BCUT2D eigenvalue weighted by Crippen LogP contribution is -2.45. The number of aromatic nitrogens is 2. The average molecular weight is 558 g/mol. The molecule has 0 spiro atoms. The van der Waals surface area contributed by atoms with Crippen LogP contribution in [0.1, 0.15) is 47.1 Å². The molecule has 5 rings (SSSR count). The molecule has 1 aliphatic heterocycles. The second-order valence-corrected chi connectivity index (χ2v) is 9.85. The standard InChI is InChI=1S/C33H35N9/c1-22(16-37-20-35)23-6-3-9-26(12-23)31-40-32(27-10-4-7-24(13-27)29(15-34)17-36-2)42-33(41-31)28-11-5-8-25(14-28)30-18-38-21-39-19-30/h3-19,21,31-32,34,36-37,40H,20,35H2,1-2H3,(H,41,42)/b22-16+,29-17+,34-15?. The van der Waals surface area contributed by atoms with Gasteiger partial charge in [-0.2, -0.15) is 0 Å². The Labute approximate surface area is 246 Å². The fourth-order valence-electron chi connectivity index (χ4n) is 4.85.